The molecule has 0 aliphatic heterocycles. The third kappa shape index (κ3) is 4.67. The van der Waals surface area contributed by atoms with Crippen molar-refractivity contribution in [2.75, 3.05) is 6.61 Å². The minimum absolute atomic E-state index is 0.706. The third-order valence-corrected chi connectivity index (χ3v) is 3.19. The summed E-state index contributed by atoms with van der Waals surface area (Å²) in [5.74, 6) is 0. The summed E-state index contributed by atoms with van der Waals surface area (Å²) in [5.41, 5.74) is 3.69. The lowest BCUT2D eigenvalue weighted by Crippen LogP contribution is -1.95. The maximum atomic E-state index is 5.63. The molecule has 0 amide bonds. The van der Waals surface area contributed by atoms with Gasteiger partial charge in [0, 0.05) is 6.61 Å². The summed E-state index contributed by atoms with van der Waals surface area (Å²) in [6.07, 6.45) is 16.8. The Hall–Kier alpha value is -1.86. The van der Waals surface area contributed by atoms with Crippen LogP contribution in [0.15, 0.2) is 66.8 Å². The summed E-state index contributed by atoms with van der Waals surface area (Å²) in [6.45, 7) is 3.74. The quantitative estimate of drug-likeness (QED) is 0.653. The van der Waals surface area contributed by atoms with Crippen molar-refractivity contribution in [2.24, 2.45) is 0 Å². The highest BCUT2D eigenvalue weighted by atomic mass is 16.5. The van der Waals surface area contributed by atoms with E-state index in [1.165, 1.54) is 23.1 Å². The third-order valence-electron chi connectivity index (χ3n) is 3.19. The van der Waals surface area contributed by atoms with E-state index in [4.69, 9.17) is 4.74 Å². The fraction of sp³-hybridized carbons (Fsp3) is 0.263. The molecule has 0 fully saturated rings. The predicted molar refractivity (Wildman–Crippen MR) is 86.4 cm³/mol. The molecule has 0 N–H and O–H groups in total. The predicted octanol–water partition coefficient (Wildman–Crippen LogP) is 5.07. The Morgan fingerprint density at radius 2 is 1.65 bits per heavy atom. The van der Waals surface area contributed by atoms with E-state index in [0.717, 1.165) is 13.0 Å². The van der Waals surface area contributed by atoms with Crippen molar-refractivity contribution in [3.8, 4) is 0 Å². The standard InChI is InChI=1S/C19H22O/c1-2-3-15-20-16-17-11-13-19(14-12-17)18-9-7-5-4-6-8-10-18/h4-14H,2-3,15-16H2,1H3/b5-4-,6-4?,7-5?,8-6-,9-7-,10-8?,18-9?,18-10+. The van der Waals surface area contributed by atoms with Crippen LogP contribution in [0.3, 0.4) is 0 Å². The number of ether oxygens (including phenoxy) is 1. The van der Waals surface area contributed by atoms with Crippen LogP contribution in [0.25, 0.3) is 5.57 Å². The van der Waals surface area contributed by atoms with Crippen LogP contribution in [0, 0.1) is 0 Å². The van der Waals surface area contributed by atoms with Crippen molar-refractivity contribution < 1.29 is 4.74 Å². The second kappa shape index (κ2) is 8.34. The van der Waals surface area contributed by atoms with E-state index in [-0.39, 0.29) is 0 Å². The van der Waals surface area contributed by atoms with Crippen LogP contribution < -0.4 is 0 Å². The first kappa shape index (κ1) is 14.5. The van der Waals surface area contributed by atoms with Crippen molar-refractivity contribution >= 4 is 5.57 Å². The lowest BCUT2D eigenvalue weighted by molar-refractivity contribution is 0.118. The average Bonchev–Trinajstić information content (AvgIpc) is 2.44. The molecule has 0 unspecified atom stereocenters. The Morgan fingerprint density at radius 1 is 0.900 bits per heavy atom. The molecular formula is C19H22O. The molecule has 1 aliphatic carbocycles. The van der Waals surface area contributed by atoms with Gasteiger partial charge in [0.15, 0.2) is 0 Å². The zero-order chi connectivity index (χ0) is 14.0. The van der Waals surface area contributed by atoms with Gasteiger partial charge in [0.2, 0.25) is 0 Å². The molecule has 2 rings (SSSR count). The highest BCUT2D eigenvalue weighted by molar-refractivity contribution is 5.75. The monoisotopic (exact) mass is 266 g/mol. The molecule has 1 nitrogen and oxygen atoms in total. The Morgan fingerprint density at radius 3 is 2.45 bits per heavy atom. The number of rotatable bonds is 6. The number of hydrogen-bond donors (Lipinski definition) is 0. The average molecular weight is 266 g/mol. The van der Waals surface area contributed by atoms with E-state index in [1.54, 1.807) is 0 Å². The van der Waals surface area contributed by atoms with E-state index in [2.05, 4.69) is 55.5 Å². The summed E-state index contributed by atoms with van der Waals surface area (Å²) in [5, 5.41) is 0. The molecule has 1 aromatic carbocycles. The van der Waals surface area contributed by atoms with E-state index in [9.17, 15) is 0 Å². The van der Waals surface area contributed by atoms with Crippen molar-refractivity contribution in [2.45, 2.75) is 26.4 Å². The van der Waals surface area contributed by atoms with Crippen LogP contribution in [-0.4, -0.2) is 6.61 Å². The molecule has 1 aliphatic rings. The van der Waals surface area contributed by atoms with Crippen LogP contribution in [0.5, 0.6) is 0 Å². The van der Waals surface area contributed by atoms with Crippen LogP contribution in [0.2, 0.25) is 0 Å². The number of allylic oxidation sites excluding steroid dienone is 8. The van der Waals surface area contributed by atoms with Gasteiger partial charge in [0.05, 0.1) is 6.61 Å². The van der Waals surface area contributed by atoms with E-state index in [0.29, 0.717) is 6.61 Å². The highest BCUT2D eigenvalue weighted by Gasteiger charge is 1.99. The summed E-state index contributed by atoms with van der Waals surface area (Å²) in [7, 11) is 0. The first-order chi connectivity index (χ1) is 9.90. The molecule has 1 heteroatoms. The zero-order valence-electron chi connectivity index (χ0n) is 12.1. The molecule has 104 valence electrons. The van der Waals surface area contributed by atoms with Gasteiger partial charge in [0.25, 0.3) is 0 Å². The minimum atomic E-state index is 0.706. The van der Waals surface area contributed by atoms with E-state index in [1.807, 2.05) is 18.2 Å². The van der Waals surface area contributed by atoms with Crippen molar-refractivity contribution in [3.05, 3.63) is 77.9 Å². The molecule has 0 aromatic heterocycles. The van der Waals surface area contributed by atoms with Gasteiger partial charge in [-0.1, -0.05) is 80.1 Å². The van der Waals surface area contributed by atoms with Gasteiger partial charge in [-0.15, -0.1) is 0 Å². The van der Waals surface area contributed by atoms with Crippen LogP contribution >= 0.6 is 0 Å². The number of unbranched alkanes of at least 4 members (excludes halogenated alkanes) is 1. The fourth-order valence-corrected chi connectivity index (χ4v) is 1.99. The SMILES string of the molecule is CCCCOCc1ccc(C2=C/C=C\C=C/C=C\2)cc1. The number of hydrogen-bond acceptors (Lipinski definition) is 1. The van der Waals surface area contributed by atoms with Crippen molar-refractivity contribution in [1.82, 2.24) is 0 Å². The smallest absolute Gasteiger partial charge is 0.0716 e. The van der Waals surface area contributed by atoms with Crippen molar-refractivity contribution in [3.63, 3.8) is 0 Å². The first-order valence-corrected chi connectivity index (χ1v) is 7.29. The maximum Gasteiger partial charge on any atom is 0.0716 e. The summed E-state index contributed by atoms with van der Waals surface area (Å²) < 4.78 is 5.63. The summed E-state index contributed by atoms with van der Waals surface area (Å²) in [4.78, 5) is 0. The second-order valence-electron chi connectivity index (χ2n) is 4.85. The Kier molecular flexibility index (Phi) is 6.07. The van der Waals surface area contributed by atoms with Gasteiger partial charge in [-0.3, -0.25) is 0 Å². The van der Waals surface area contributed by atoms with Gasteiger partial charge in [-0.2, -0.15) is 0 Å². The lowest BCUT2D eigenvalue weighted by atomic mass is 10.0. The van der Waals surface area contributed by atoms with Crippen molar-refractivity contribution in [1.29, 1.82) is 0 Å². The minimum Gasteiger partial charge on any atom is -0.377 e. The van der Waals surface area contributed by atoms with Gasteiger partial charge >= 0.3 is 0 Å². The number of benzene rings is 1. The Balaban J connectivity index is 1.97. The normalized spacial score (nSPS) is 21.4. The molecular weight excluding hydrogens is 244 g/mol. The van der Waals surface area contributed by atoms with Gasteiger partial charge in [0.1, 0.15) is 0 Å². The van der Waals surface area contributed by atoms with Crippen LogP contribution in [0.4, 0.5) is 0 Å². The van der Waals surface area contributed by atoms with Crippen LogP contribution in [-0.2, 0) is 11.3 Å². The zero-order valence-corrected chi connectivity index (χ0v) is 12.1. The summed E-state index contributed by atoms with van der Waals surface area (Å²) >= 11 is 0. The van der Waals surface area contributed by atoms with Gasteiger partial charge in [-0.25, -0.2) is 0 Å². The summed E-state index contributed by atoms with van der Waals surface area (Å²) in [6, 6.07) is 8.62. The lowest BCUT2D eigenvalue weighted by Gasteiger charge is -2.06. The molecule has 0 saturated heterocycles. The van der Waals surface area contributed by atoms with Gasteiger partial charge in [-0.05, 0) is 23.1 Å². The van der Waals surface area contributed by atoms with Gasteiger partial charge < -0.3 is 4.74 Å². The highest BCUT2D eigenvalue weighted by Crippen LogP contribution is 2.18. The topological polar surface area (TPSA) is 9.23 Å². The first-order valence-electron chi connectivity index (χ1n) is 7.29. The Bertz CT molecular complexity index is 515. The van der Waals surface area contributed by atoms with Crippen LogP contribution in [0.1, 0.15) is 30.9 Å². The second-order valence-corrected chi connectivity index (χ2v) is 4.85. The maximum absolute atomic E-state index is 5.63. The molecule has 1 aromatic rings. The largest absolute Gasteiger partial charge is 0.377 e. The van der Waals surface area contributed by atoms with E-state index < -0.39 is 0 Å². The molecule has 20 heavy (non-hydrogen) atoms. The molecule has 0 bridgehead atoms. The molecule has 0 radical (unpaired) electrons. The molecule has 0 heterocycles. The molecule has 0 spiro atoms. The molecule has 0 atom stereocenters. The fourth-order valence-electron chi connectivity index (χ4n) is 1.99. The Labute approximate surface area is 122 Å². The van der Waals surface area contributed by atoms with E-state index >= 15 is 0 Å². The molecule has 0 saturated carbocycles.